The first-order chi connectivity index (χ1) is 8.56. The van der Waals surface area contributed by atoms with E-state index in [1.165, 1.54) is 4.57 Å². The second-order valence-electron chi connectivity index (χ2n) is 3.52. The van der Waals surface area contributed by atoms with Crippen molar-refractivity contribution in [2.24, 2.45) is 7.05 Å². The first-order valence-corrected chi connectivity index (χ1v) is 5.71. The molecule has 0 spiro atoms. The van der Waals surface area contributed by atoms with Crippen molar-refractivity contribution in [3.05, 3.63) is 44.5 Å². The highest BCUT2D eigenvalue weighted by atomic mass is 79.9. The van der Waals surface area contributed by atoms with Gasteiger partial charge < -0.3 is 10.1 Å². The van der Waals surface area contributed by atoms with Gasteiger partial charge in [0.05, 0.1) is 5.56 Å². The van der Waals surface area contributed by atoms with Crippen LogP contribution < -0.4 is 0 Å². The molecule has 2 aromatic rings. The molecule has 0 N–H and O–H groups in total. The van der Waals surface area contributed by atoms with Gasteiger partial charge in [0.25, 0.3) is 5.82 Å². The summed E-state index contributed by atoms with van der Waals surface area (Å²) in [5, 5.41) is 19.8. The van der Waals surface area contributed by atoms with E-state index in [1.807, 2.05) is 12.1 Å². The maximum absolute atomic E-state index is 10.8. The lowest BCUT2D eigenvalue weighted by atomic mass is 10.2. The van der Waals surface area contributed by atoms with E-state index in [2.05, 4.69) is 20.9 Å². The summed E-state index contributed by atoms with van der Waals surface area (Å²) in [5.74, 6) is -0.0449. The molecule has 18 heavy (non-hydrogen) atoms. The van der Waals surface area contributed by atoms with Crippen LogP contribution in [0.4, 0.5) is 5.82 Å². The fourth-order valence-corrected chi connectivity index (χ4v) is 2.08. The van der Waals surface area contributed by atoms with Crippen LogP contribution in [0.5, 0.6) is 0 Å². The van der Waals surface area contributed by atoms with Crippen molar-refractivity contribution in [3.63, 3.8) is 0 Å². The summed E-state index contributed by atoms with van der Waals surface area (Å²) >= 11 is 3.35. The SMILES string of the molecule is Cn1c(-c2ccccc2Br)nc([N+](=O)[O-])c1C#N. The molecule has 0 saturated carbocycles. The van der Waals surface area contributed by atoms with Crippen molar-refractivity contribution in [2.45, 2.75) is 0 Å². The molecule has 1 aromatic heterocycles. The zero-order chi connectivity index (χ0) is 13.3. The smallest absolute Gasteiger partial charge is 0.358 e. The first kappa shape index (κ1) is 12.3. The van der Waals surface area contributed by atoms with Crippen LogP contribution in [0.2, 0.25) is 0 Å². The van der Waals surface area contributed by atoms with Crippen molar-refractivity contribution in [3.8, 4) is 17.5 Å². The van der Waals surface area contributed by atoms with Gasteiger partial charge in [-0.1, -0.05) is 12.1 Å². The van der Waals surface area contributed by atoms with Gasteiger partial charge in [-0.2, -0.15) is 5.26 Å². The molecule has 0 amide bonds. The van der Waals surface area contributed by atoms with E-state index in [4.69, 9.17) is 5.26 Å². The Hall–Kier alpha value is -2.20. The van der Waals surface area contributed by atoms with E-state index in [0.29, 0.717) is 11.4 Å². The third-order valence-corrected chi connectivity index (χ3v) is 3.16. The highest BCUT2D eigenvalue weighted by Gasteiger charge is 2.27. The number of halogens is 1. The summed E-state index contributed by atoms with van der Waals surface area (Å²) in [7, 11) is 1.58. The number of imidazole rings is 1. The topological polar surface area (TPSA) is 84.8 Å². The standard InChI is InChI=1S/C11H7BrN4O2/c1-15-9(6-13)11(16(17)18)14-10(15)7-4-2-3-5-8(7)12/h2-5H,1H3. The first-order valence-electron chi connectivity index (χ1n) is 4.92. The minimum Gasteiger partial charge on any atom is -0.358 e. The lowest BCUT2D eigenvalue weighted by molar-refractivity contribution is -0.389. The van der Waals surface area contributed by atoms with Crippen LogP contribution in [0.1, 0.15) is 5.69 Å². The molecule has 0 aliphatic heterocycles. The van der Waals surface area contributed by atoms with Crippen molar-refractivity contribution in [2.75, 3.05) is 0 Å². The van der Waals surface area contributed by atoms with E-state index >= 15 is 0 Å². The summed E-state index contributed by atoms with van der Waals surface area (Å²) in [6, 6.07) is 9.01. The number of benzene rings is 1. The second-order valence-corrected chi connectivity index (χ2v) is 4.37. The molecular formula is C11H7BrN4O2. The molecule has 0 bridgehead atoms. The molecule has 90 valence electrons. The Balaban J connectivity index is 2.72. The van der Waals surface area contributed by atoms with Crippen LogP contribution in [0, 0.1) is 21.4 Å². The minimum atomic E-state index is -0.654. The number of rotatable bonds is 2. The molecule has 0 saturated heterocycles. The number of hydrogen-bond acceptors (Lipinski definition) is 4. The van der Waals surface area contributed by atoms with Gasteiger partial charge in [0, 0.05) is 11.5 Å². The Morgan fingerprint density at radius 2 is 2.17 bits per heavy atom. The summed E-state index contributed by atoms with van der Waals surface area (Å²) in [5.41, 5.74) is 0.635. The highest BCUT2D eigenvalue weighted by molar-refractivity contribution is 9.10. The van der Waals surface area contributed by atoms with E-state index in [1.54, 1.807) is 25.2 Å². The zero-order valence-electron chi connectivity index (χ0n) is 9.29. The summed E-state index contributed by atoms with van der Waals surface area (Å²) in [6.45, 7) is 0. The van der Waals surface area contributed by atoms with Gasteiger partial charge >= 0.3 is 5.82 Å². The lowest BCUT2D eigenvalue weighted by Crippen LogP contribution is -1.97. The van der Waals surface area contributed by atoms with Gasteiger partial charge in [-0.05, 0) is 38.0 Å². The average Bonchev–Trinajstić information content (AvgIpc) is 2.67. The minimum absolute atomic E-state index is 0.0641. The number of nitrogens with zero attached hydrogens (tertiary/aromatic N) is 4. The van der Waals surface area contributed by atoms with Crippen LogP contribution >= 0.6 is 15.9 Å². The molecule has 0 radical (unpaired) electrons. The van der Waals surface area contributed by atoms with Gasteiger partial charge in [0.1, 0.15) is 6.07 Å². The van der Waals surface area contributed by atoms with Crippen LogP contribution in [-0.4, -0.2) is 14.5 Å². The molecule has 6 nitrogen and oxygen atoms in total. The average molecular weight is 307 g/mol. The Morgan fingerprint density at radius 3 is 2.67 bits per heavy atom. The molecule has 0 aliphatic rings. The Morgan fingerprint density at radius 1 is 1.50 bits per heavy atom. The lowest BCUT2D eigenvalue weighted by Gasteiger charge is -2.00. The number of nitro groups is 1. The predicted molar refractivity (Wildman–Crippen MR) is 67.7 cm³/mol. The van der Waals surface area contributed by atoms with Crippen molar-refractivity contribution in [1.82, 2.24) is 9.55 Å². The maximum atomic E-state index is 10.8. The third kappa shape index (κ3) is 1.87. The van der Waals surface area contributed by atoms with Crippen LogP contribution in [-0.2, 0) is 7.05 Å². The Bertz CT molecular complexity index is 672. The van der Waals surface area contributed by atoms with E-state index in [-0.39, 0.29) is 5.69 Å². The largest absolute Gasteiger partial charge is 0.400 e. The van der Waals surface area contributed by atoms with Crippen LogP contribution in [0.3, 0.4) is 0 Å². The van der Waals surface area contributed by atoms with Crippen LogP contribution in [0.25, 0.3) is 11.4 Å². The number of aromatic nitrogens is 2. The third-order valence-electron chi connectivity index (χ3n) is 2.47. The molecule has 2 rings (SSSR count). The summed E-state index contributed by atoms with van der Waals surface area (Å²) < 4.78 is 2.18. The number of hydrogen-bond donors (Lipinski definition) is 0. The van der Waals surface area contributed by atoms with Crippen molar-refractivity contribution < 1.29 is 4.92 Å². The molecule has 7 heteroatoms. The van der Waals surface area contributed by atoms with Gasteiger partial charge in [-0.3, -0.25) is 4.57 Å². The number of nitriles is 1. The van der Waals surface area contributed by atoms with E-state index in [0.717, 1.165) is 4.47 Å². The fraction of sp³-hybridized carbons (Fsp3) is 0.0909. The molecule has 1 heterocycles. The van der Waals surface area contributed by atoms with Crippen molar-refractivity contribution in [1.29, 1.82) is 5.26 Å². The Kier molecular flexibility index (Phi) is 3.12. The molecule has 0 fully saturated rings. The molecule has 0 unspecified atom stereocenters. The summed E-state index contributed by atoms with van der Waals surface area (Å²) in [4.78, 5) is 14.1. The van der Waals surface area contributed by atoms with Gasteiger partial charge in [0.15, 0.2) is 0 Å². The van der Waals surface area contributed by atoms with Gasteiger partial charge in [-0.25, -0.2) is 0 Å². The summed E-state index contributed by atoms with van der Waals surface area (Å²) in [6.07, 6.45) is 0. The molecular weight excluding hydrogens is 300 g/mol. The Labute approximate surface area is 111 Å². The highest BCUT2D eigenvalue weighted by Crippen LogP contribution is 2.30. The van der Waals surface area contributed by atoms with Gasteiger partial charge in [-0.15, -0.1) is 0 Å². The van der Waals surface area contributed by atoms with Crippen molar-refractivity contribution >= 4 is 21.7 Å². The van der Waals surface area contributed by atoms with Crippen LogP contribution in [0.15, 0.2) is 28.7 Å². The monoisotopic (exact) mass is 306 g/mol. The maximum Gasteiger partial charge on any atom is 0.400 e. The normalized spacial score (nSPS) is 10.1. The quantitative estimate of drug-likeness (QED) is 0.630. The molecule has 0 atom stereocenters. The second kappa shape index (κ2) is 4.58. The zero-order valence-corrected chi connectivity index (χ0v) is 10.9. The predicted octanol–water partition coefficient (Wildman–Crippen LogP) is 2.63. The van der Waals surface area contributed by atoms with Gasteiger partial charge in [0.2, 0.25) is 5.69 Å². The molecule has 0 aliphatic carbocycles. The molecule has 1 aromatic carbocycles. The van der Waals surface area contributed by atoms with E-state index in [9.17, 15) is 10.1 Å². The fourth-order valence-electron chi connectivity index (χ4n) is 1.62. The van der Waals surface area contributed by atoms with E-state index < -0.39 is 10.7 Å².